The van der Waals surface area contributed by atoms with Crippen LogP contribution < -0.4 is 10.2 Å². The highest BCUT2D eigenvalue weighted by Gasteiger charge is 2.36. The number of ketones is 2. The number of carbonyl (C=O) groups excluding carboxylic acids is 3. The number of esters is 1. The van der Waals surface area contributed by atoms with Gasteiger partial charge in [0.15, 0.2) is 11.2 Å². The van der Waals surface area contributed by atoms with E-state index in [4.69, 9.17) is 9.15 Å². The molecule has 0 fully saturated rings. The lowest BCUT2D eigenvalue weighted by Crippen LogP contribution is -2.24. The number of hydrogen-bond donors (Lipinski definition) is 0. The van der Waals surface area contributed by atoms with Gasteiger partial charge < -0.3 is 9.15 Å². The maximum Gasteiger partial charge on any atom is 0.308 e. The second kappa shape index (κ2) is 6.27. The summed E-state index contributed by atoms with van der Waals surface area (Å²) in [6.07, 6.45) is 0.464. The molecule has 1 aliphatic carbocycles. The number of rotatable bonds is 2. The monoisotopic (exact) mass is 376 g/mol. The molecule has 1 heterocycles. The lowest BCUT2D eigenvalue weighted by molar-refractivity contribution is -0.131. The van der Waals surface area contributed by atoms with E-state index in [1.807, 2.05) is 6.92 Å². The fraction of sp³-hybridized carbons (Fsp3) is 0.182. The largest absolute Gasteiger partial charge is 0.460 e. The Hall–Kier alpha value is -3.54. The number of ether oxygens (including phenoxy) is 1. The molecule has 6 nitrogen and oxygen atoms in total. The zero-order chi connectivity index (χ0) is 20.2. The van der Waals surface area contributed by atoms with E-state index in [-0.39, 0.29) is 50.2 Å². The molecule has 0 unspecified atom stereocenters. The van der Waals surface area contributed by atoms with Crippen molar-refractivity contribution in [3.8, 4) is 5.75 Å². The summed E-state index contributed by atoms with van der Waals surface area (Å²) in [4.78, 5) is 50.5. The minimum Gasteiger partial charge on any atom is -0.460 e. The van der Waals surface area contributed by atoms with Crippen molar-refractivity contribution in [2.45, 2.75) is 27.2 Å². The van der Waals surface area contributed by atoms with Gasteiger partial charge in [-0.2, -0.15) is 0 Å². The van der Waals surface area contributed by atoms with Crippen molar-refractivity contribution in [2.24, 2.45) is 0 Å². The van der Waals surface area contributed by atoms with E-state index in [9.17, 15) is 19.2 Å². The highest BCUT2D eigenvalue weighted by molar-refractivity contribution is 6.32. The van der Waals surface area contributed by atoms with Crippen LogP contribution in [0.3, 0.4) is 0 Å². The molecule has 1 aliphatic rings. The normalized spacial score (nSPS) is 12.7. The molecule has 0 bridgehead atoms. The van der Waals surface area contributed by atoms with Crippen LogP contribution in [0.15, 0.2) is 39.5 Å². The predicted molar refractivity (Wildman–Crippen MR) is 101 cm³/mol. The van der Waals surface area contributed by atoms with Crippen LogP contribution >= 0.6 is 0 Å². The van der Waals surface area contributed by atoms with Gasteiger partial charge in [0.25, 0.3) is 0 Å². The Balaban J connectivity index is 2.11. The summed E-state index contributed by atoms with van der Waals surface area (Å²) in [5.74, 6) is -1.06. The van der Waals surface area contributed by atoms with Crippen LogP contribution in [0.25, 0.3) is 11.0 Å². The molecule has 3 aromatic rings. The Labute approximate surface area is 159 Å². The number of benzene rings is 2. The molecule has 0 amide bonds. The molecule has 140 valence electrons. The third kappa shape index (κ3) is 2.49. The SMILES string of the molecule is CCc1cc(=O)c2c(C)cc3c(c2o1)C(=O)c1c(OC(C)=O)cccc1C3=O. The number of carbonyl (C=O) groups is 3. The van der Waals surface area contributed by atoms with Crippen molar-refractivity contribution in [1.82, 2.24) is 0 Å². The van der Waals surface area contributed by atoms with E-state index >= 15 is 0 Å². The van der Waals surface area contributed by atoms with Crippen LogP contribution in [0.1, 0.15) is 57.0 Å². The van der Waals surface area contributed by atoms with Gasteiger partial charge in [0, 0.05) is 30.5 Å². The third-order valence-corrected chi connectivity index (χ3v) is 4.82. The van der Waals surface area contributed by atoms with Crippen LogP contribution in [0.4, 0.5) is 0 Å². The molecule has 0 saturated heterocycles. The first-order chi connectivity index (χ1) is 13.3. The predicted octanol–water partition coefficient (Wildman–Crippen LogP) is 3.36. The van der Waals surface area contributed by atoms with Crippen LogP contribution in [-0.2, 0) is 11.2 Å². The molecule has 2 aromatic carbocycles. The highest BCUT2D eigenvalue weighted by Crippen LogP contribution is 2.37. The Morgan fingerprint density at radius 1 is 1.04 bits per heavy atom. The molecular formula is C22H16O6. The maximum atomic E-state index is 13.4. The molecule has 0 N–H and O–H groups in total. The summed E-state index contributed by atoms with van der Waals surface area (Å²) < 4.78 is 11.0. The van der Waals surface area contributed by atoms with Crippen LogP contribution in [-0.4, -0.2) is 17.5 Å². The smallest absolute Gasteiger partial charge is 0.308 e. The van der Waals surface area contributed by atoms with Gasteiger partial charge in [0.2, 0.25) is 5.78 Å². The molecule has 28 heavy (non-hydrogen) atoms. The summed E-state index contributed by atoms with van der Waals surface area (Å²) in [6.45, 7) is 4.74. The second-order valence-electron chi connectivity index (χ2n) is 6.68. The topological polar surface area (TPSA) is 90.7 Å². The van der Waals surface area contributed by atoms with E-state index in [1.165, 1.54) is 25.1 Å². The lowest BCUT2D eigenvalue weighted by atomic mass is 9.81. The maximum absolute atomic E-state index is 13.4. The summed E-state index contributed by atoms with van der Waals surface area (Å²) in [5, 5.41) is 0.269. The minimum atomic E-state index is -0.604. The fourth-order valence-corrected chi connectivity index (χ4v) is 3.62. The van der Waals surface area contributed by atoms with E-state index in [0.29, 0.717) is 17.7 Å². The second-order valence-corrected chi connectivity index (χ2v) is 6.68. The average Bonchev–Trinajstić information content (AvgIpc) is 2.64. The highest BCUT2D eigenvalue weighted by atomic mass is 16.5. The number of aryl methyl sites for hydroxylation is 2. The molecule has 0 radical (unpaired) electrons. The summed E-state index contributed by atoms with van der Waals surface area (Å²) >= 11 is 0. The zero-order valence-electron chi connectivity index (χ0n) is 15.5. The van der Waals surface area contributed by atoms with Crippen molar-refractivity contribution < 1.29 is 23.5 Å². The standard InChI is InChI=1S/C22H16O6/c1-4-12-9-15(24)17-10(2)8-14-19(22(17)28-12)21(26)18-13(20(14)25)6-5-7-16(18)27-11(3)23/h5-9H,4H2,1-3H3. The Bertz CT molecular complexity index is 1260. The minimum absolute atomic E-state index is 0.00454. The molecule has 0 spiro atoms. The summed E-state index contributed by atoms with van der Waals surface area (Å²) in [5.41, 5.74) is 0.766. The molecular weight excluding hydrogens is 360 g/mol. The van der Waals surface area contributed by atoms with Gasteiger partial charge >= 0.3 is 5.97 Å². The fourth-order valence-electron chi connectivity index (χ4n) is 3.62. The van der Waals surface area contributed by atoms with Crippen molar-refractivity contribution in [1.29, 1.82) is 0 Å². The third-order valence-electron chi connectivity index (χ3n) is 4.82. The quantitative estimate of drug-likeness (QED) is 0.394. The Kier molecular flexibility index (Phi) is 4.00. The zero-order valence-corrected chi connectivity index (χ0v) is 15.5. The first-order valence-corrected chi connectivity index (χ1v) is 8.84. The van der Waals surface area contributed by atoms with Gasteiger partial charge in [0.1, 0.15) is 17.1 Å². The van der Waals surface area contributed by atoms with Gasteiger partial charge in [-0.25, -0.2) is 0 Å². The summed E-state index contributed by atoms with van der Waals surface area (Å²) in [7, 11) is 0. The summed E-state index contributed by atoms with van der Waals surface area (Å²) in [6, 6.07) is 7.47. The Morgan fingerprint density at radius 2 is 1.79 bits per heavy atom. The van der Waals surface area contributed by atoms with Crippen LogP contribution in [0.2, 0.25) is 0 Å². The van der Waals surface area contributed by atoms with Gasteiger partial charge in [-0.3, -0.25) is 19.2 Å². The molecule has 6 heteroatoms. The van der Waals surface area contributed by atoms with Crippen molar-refractivity contribution in [3.63, 3.8) is 0 Å². The van der Waals surface area contributed by atoms with Gasteiger partial charge in [-0.05, 0) is 24.6 Å². The molecule has 0 saturated carbocycles. The van der Waals surface area contributed by atoms with Gasteiger partial charge in [-0.15, -0.1) is 0 Å². The van der Waals surface area contributed by atoms with Gasteiger partial charge in [0.05, 0.1) is 16.5 Å². The van der Waals surface area contributed by atoms with Crippen molar-refractivity contribution in [2.75, 3.05) is 0 Å². The molecule has 1 aromatic heterocycles. The molecule has 0 atom stereocenters. The number of hydrogen-bond acceptors (Lipinski definition) is 6. The lowest BCUT2D eigenvalue weighted by Gasteiger charge is -2.21. The van der Waals surface area contributed by atoms with Crippen molar-refractivity contribution in [3.05, 3.63) is 74.1 Å². The van der Waals surface area contributed by atoms with Crippen molar-refractivity contribution >= 4 is 28.5 Å². The first-order valence-electron chi connectivity index (χ1n) is 8.84. The first kappa shape index (κ1) is 17.9. The molecule has 0 aliphatic heterocycles. The van der Waals surface area contributed by atoms with Crippen LogP contribution in [0, 0.1) is 6.92 Å². The average molecular weight is 376 g/mol. The van der Waals surface area contributed by atoms with Gasteiger partial charge in [-0.1, -0.05) is 19.1 Å². The van der Waals surface area contributed by atoms with E-state index in [2.05, 4.69) is 0 Å². The van der Waals surface area contributed by atoms with E-state index < -0.39 is 11.8 Å². The number of fused-ring (bicyclic) bond motifs is 4. The van der Waals surface area contributed by atoms with Crippen LogP contribution in [0.5, 0.6) is 5.75 Å². The van der Waals surface area contributed by atoms with E-state index in [0.717, 1.165) is 0 Å². The molecule has 4 rings (SSSR count). The van der Waals surface area contributed by atoms with E-state index in [1.54, 1.807) is 19.1 Å². The Morgan fingerprint density at radius 3 is 2.46 bits per heavy atom.